The number of oxazole rings is 1. The summed E-state index contributed by atoms with van der Waals surface area (Å²) in [5, 5.41) is 15.3. The molecule has 5 rings (SSSR count). The minimum atomic E-state index is -0.688. The number of aryl methyl sites for hydroxylation is 2. The van der Waals surface area contributed by atoms with Crippen molar-refractivity contribution in [2.75, 3.05) is 19.6 Å². The van der Waals surface area contributed by atoms with Crippen LogP contribution in [0.3, 0.4) is 0 Å². The molecule has 1 aliphatic heterocycles. The van der Waals surface area contributed by atoms with Crippen molar-refractivity contribution in [2.45, 2.75) is 52.7 Å². The van der Waals surface area contributed by atoms with E-state index >= 15 is 0 Å². The molecule has 4 bridgehead atoms. The second-order valence-electron chi connectivity index (χ2n) is 11.1. The van der Waals surface area contributed by atoms with Crippen LogP contribution in [0, 0.1) is 12.8 Å². The standard InChI is InChI=1S/C31H36N8O5S/c1-5-39-14-21(19(4)37-39)31(43)38-12-11-32-27(41)23-16-44-29(34-23)22(13-20-9-7-6-8-10-20)33-28(42)24-17-45-30(35-24)26(18(2)3)36-25(40)15-38/h6-10,14,16-18,22,26H,5,11-13,15H2,1-4H3,(H,32,41)(H,33,42)(H,36,40)/t22-,26-/m0/s1. The first-order valence-electron chi connectivity index (χ1n) is 14.8. The van der Waals surface area contributed by atoms with Gasteiger partial charge in [0.2, 0.25) is 11.8 Å². The summed E-state index contributed by atoms with van der Waals surface area (Å²) in [5.41, 5.74) is 2.04. The molecule has 3 aromatic heterocycles. The van der Waals surface area contributed by atoms with Gasteiger partial charge in [-0.15, -0.1) is 11.3 Å². The number of amides is 4. The minimum Gasteiger partial charge on any atom is -0.446 e. The number of thiazole rings is 1. The van der Waals surface area contributed by atoms with Crippen LogP contribution in [0.15, 0.2) is 52.6 Å². The van der Waals surface area contributed by atoms with Crippen molar-refractivity contribution in [3.05, 3.63) is 87.3 Å². The normalized spacial score (nSPS) is 18.2. The molecule has 0 saturated heterocycles. The minimum absolute atomic E-state index is 0.0184. The van der Waals surface area contributed by atoms with E-state index in [1.54, 1.807) is 23.2 Å². The van der Waals surface area contributed by atoms with Crippen LogP contribution in [-0.2, 0) is 17.8 Å². The van der Waals surface area contributed by atoms with E-state index in [0.29, 0.717) is 29.2 Å². The molecular formula is C31H36N8O5S. The molecule has 14 heteroatoms. The molecular weight excluding hydrogens is 596 g/mol. The maximum Gasteiger partial charge on any atom is 0.273 e. The van der Waals surface area contributed by atoms with E-state index in [-0.39, 0.29) is 48.7 Å². The summed E-state index contributed by atoms with van der Waals surface area (Å²) in [5.74, 6) is -1.65. The molecule has 0 fully saturated rings. The van der Waals surface area contributed by atoms with Gasteiger partial charge in [-0.2, -0.15) is 5.10 Å². The van der Waals surface area contributed by atoms with E-state index in [4.69, 9.17) is 4.42 Å². The quantitative estimate of drug-likeness (QED) is 0.302. The van der Waals surface area contributed by atoms with Gasteiger partial charge in [-0.05, 0) is 25.3 Å². The van der Waals surface area contributed by atoms with E-state index in [9.17, 15) is 19.2 Å². The Hall–Kier alpha value is -4.85. The molecule has 45 heavy (non-hydrogen) atoms. The summed E-state index contributed by atoms with van der Waals surface area (Å²) in [6.45, 7) is 7.96. The van der Waals surface area contributed by atoms with Crippen LogP contribution in [-0.4, -0.2) is 67.9 Å². The third-order valence-corrected chi connectivity index (χ3v) is 8.36. The van der Waals surface area contributed by atoms with Gasteiger partial charge in [-0.1, -0.05) is 44.2 Å². The largest absolute Gasteiger partial charge is 0.446 e. The fourth-order valence-corrected chi connectivity index (χ4v) is 6.00. The summed E-state index contributed by atoms with van der Waals surface area (Å²) in [6, 6.07) is 8.34. The predicted octanol–water partition coefficient (Wildman–Crippen LogP) is 3.07. The Morgan fingerprint density at radius 1 is 1.09 bits per heavy atom. The van der Waals surface area contributed by atoms with Crippen LogP contribution in [0.4, 0.5) is 0 Å². The zero-order valence-corrected chi connectivity index (χ0v) is 26.4. The maximum absolute atomic E-state index is 13.6. The third kappa shape index (κ3) is 7.45. The molecule has 13 nitrogen and oxygen atoms in total. The van der Waals surface area contributed by atoms with Crippen LogP contribution in [0.1, 0.15) is 86.3 Å². The molecule has 0 saturated carbocycles. The summed E-state index contributed by atoms with van der Waals surface area (Å²) in [7, 11) is 0. The van der Waals surface area contributed by atoms with Crippen molar-refractivity contribution in [1.29, 1.82) is 0 Å². The lowest BCUT2D eigenvalue weighted by Gasteiger charge is -2.25. The van der Waals surface area contributed by atoms with Gasteiger partial charge in [0.05, 0.1) is 23.8 Å². The van der Waals surface area contributed by atoms with Crippen molar-refractivity contribution in [3.63, 3.8) is 0 Å². The molecule has 3 N–H and O–H groups in total. The lowest BCUT2D eigenvalue weighted by molar-refractivity contribution is -0.122. The van der Waals surface area contributed by atoms with Crippen LogP contribution >= 0.6 is 11.3 Å². The van der Waals surface area contributed by atoms with Gasteiger partial charge in [-0.3, -0.25) is 23.9 Å². The molecule has 0 aliphatic carbocycles. The topological polar surface area (TPSA) is 164 Å². The van der Waals surface area contributed by atoms with Crippen LogP contribution in [0.2, 0.25) is 0 Å². The molecule has 2 atom stereocenters. The molecule has 1 aromatic carbocycles. The first kappa shape index (κ1) is 31.6. The van der Waals surface area contributed by atoms with Gasteiger partial charge in [0.1, 0.15) is 23.0 Å². The van der Waals surface area contributed by atoms with Crippen molar-refractivity contribution < 1.29 is 23.6 Å². The molecule has 4 amide bonds. The number of hydrogen-bond acceptors (Lipinski definition) is 9. The zero-order valence-electron chi connectivity index (χ0n) is 25.6. The van der Waals surface area contributed by atoms with Crippen molar-refractivity contribution in [3.8, 4) is 0 Å². The van der Waals surface area contributed by atoms with E-state index in [0.717, 1.165) is 5.56 Å². The molecule has 0 spiro atoms. The second-order valence-corrected chi connectivity index (χ2v) is 12.0. The monoisotopic (exact) mass is 632 g/mol. The molecule has 236 valence electrons. The molecule has 4 heterocycles. The first-order valence-corrected chi connectivity index (χ1v) is 15.7. The van der Waals surface area contributed by atoms with Crippen LogP contribution < -0.4 is 16.0 Å². The molecule has 0 radical (unpaired) electrons. The lowest BCUT2D eigenvalue weighted by atomic mass is 10.0. The fourth-order valence-electron chi connectivity index (χ4n) is 4.98. The van der Waals surface area contributed by atoms with Gasteiger partial charge in [0, 0.05) is 37.6 Å². The summed E-state index contributed by atoms with van der Waals surface area (Å²) in [4.78, 5) is 63.8. The SMILES string of the molecule is CCn1cc(C(=O)N2CCNC(=O)c3coc(n3)[C@H](Cc3ccccc3)NC(=O)c3csc(n3)[C@H](C(C)C)NC(=O)C2)c(C)n1. The number of aromatic nitrogens is 4. The second kappa shape index (κ2) is 13.8. The van der Waals surface area contributed by atoms with Crippen molar-refractivity contribution >= 4 is 35.0 Å². The van der Waals surface area contributed by atoms with Gasteiger partial charge in [-0.25, -0.2) is 9.97 Å². The summed E-state index contributed by atoms with van der Waals surface area (Å²) in [6.07, 6.45) is 3.25. The number of rotatable bonds is 5. The lowest BCUT2D eigenvalue weighted by Crippen LogP contribution is -2.45. The molecule has 1 aliphatic rings. The highest BCUT2D eigenvalue weighted by molar-refractivity contribution is 7.09. The van der Waals surface area contributed by atoms with Gasteiger partial charge in [0.15, 0.2) is 5.69 Å². The third-order valence-electron chi connectivity index (χ3n) is 7.43. The smallest absolute Gasteiger partial charge is 0.273 e. The Labute approximate surface area is 264 Å². The summed E-state index contributed by atoms with van der Waals surface area (Å²) >= 11 is 1.27. The number of carbonyl (C=O) groups excluding carboxylic acids is 4. The Kier molecular flexibility index (Phi) is 9.71. The average molecular weight is 633 g/mol. The highest BCUT2D eigenvalue weighted by Gasteiger charge is 2.29. The highest BCUT2D eigenvalue weighted by atomic mass is 32.1. The number of hydrogen-bond donors (Lipinski definition) is 3. The van der Waals surface area contributed by atoms with Crippen molar-refractivity contribution in [2.24, 2.45) is 5.92 Å². The van der Waals surface area contributed by atoms with Crippen molar-refractivity contribution in [1.82, 2.24) is 40.6 Å². The number of nitrogens with one attached hydrogen (secondary N) is 3. The number of carbonyl (C=O) groups is 4. The zero-order chi connectivity index (χ0) is 32.1. The Morgan fingerprint density at radius 3 is 2.58 bits per heavy atom. The van der Waals surface area contributed by atoms with Crippen LogP contribution in [0.25, 0.3) is 0 Å². The van der Waals surface area contributed by atoms with Gasteiger partial charge < -0.3 is 25.3 Å². The maximum atomic E-state index is 13.6. The first-order chi connectivity index (χ1) is 21.6. The molecule has 0 unspecified atom stereocenters. The van der Waals surface area contributed by atoms with E-state index in [1.807, 2.05) is 51.1 Å². The van der Waals surface area contributed by atoms with E-state index < -0.39 is 29.8 Å². The number of nitrogens with zero attached hydrogens (tertiary/aromatic N) is 5. The summed E-state index contributed by atoms with van der Waals surface area (Å²) < 4.78 is 7.35. The Bertz CT molecular complexity index is 1680. The highest BCUT2D eigenvalue weighted by Crippen LogP contribution is 2.26. The molecule has 4 aromatic rings. The Balaban J connectivity index is 1.47. The van der Waals surface area contributed by atoms with Crippen LogP contribution in [0.5, 0.6) is 0 Å². The van der Waals surface area contributed by atoms with Gasteiger partial charge in [0.25, 0.3) is 17.7 Å². The fraction of sp³-hybridized carbons (Fsp3) is 0.387. The predicted molar refractivity (Wildman–Crippen MR) is 166 cm³/mol. The van der Waals surface area contributed by atoms with E-state index in [1.165, 1.54) is 22.5 Å². The number of benzene rings is 1. The average Bonchev–Trinajstić information content (AvgIpc) is 3.79. The Morgan fingerprint density at radius 2 is 1.87 bits per heavy atom. The number of fused-ring (bicyclic) bond motifs is 4. The van der Waals surface area contributed by atoms with Gasteiger partial charge >= 0.3 is 0 Å². The van der Waals surface area contributed by atoms with E-state index in [2.05, 4.69) is 31.0 Å².